The topological polar surface area (TPSA) is 75.6 Å². The minimum Gasteiger partial charge on any atom is -0.479 e. The number of carbonyl (C=O) groups is 2. The van der Waals surface area contributed by atoms with E-state index < -0.39 is 28.6 Å². The number of ether oxygens (including phenoxy) is 1. The number of rotatable bonds is 2. The van der Waals surface area contributed by atoms with Crippen molar-refractivity contribution in [2.75, 3.05) is 0 Å². The summed E-state index contributed by atoms with van der Waals surface area (Å²) >= 11 is 0. The normalized spacial score (nSPS) is 27.1. The van der Waals surface area contributed by atoms with Gasteiger partial charge in [0.25, 0.3) is 0 Å². The lowest BCUT2D eigenvalue weighted by molar-refractivity contribution is -0.141. The smallest absolute Gasteiger partial charge is 0.408 e. The Morgan fingerprint density at radius 2 is 1.75 bits per heavy atom. The number of carbonyl (C=O) groups excluding carboxylic acids is 1. The standard InChI is InChI=1S/C11H19NO4/c1-9(2,3)16-8(15)12-11(7(13)14)6-10(11,4)5/h6H2,1-5H3,(H,12,15)(H,13,14)/t11-/m1/s1. The van der Waals surface area contributed by atoms with Gasteiger partial charge in [-0.25, -0.2) is 9.59 Å². The molecule has 92 valence electrons. The molecule has 1 aliphatic rings. The molecule has 2 N–H and O–H groups in total. The fraction of sp³-hybridized carbons (Fsp3) is 0.818. The zero-order chi connectivity index (χ0) is 12.8. The van der Waals surface area contributed by atoms with E-state index in [0.717, 1.165) is 0 Å². The predicted octanol–water partition coefficient (Wildman–Crippen LogP) is 1.76. The molecule has 0 heterocycles. The highest BCUT2D eigenvalue weighted by molar-refractivity contribution is 5.89. The maximum absolute atomic E-state index is 11.5. The summed E-state index contributed by atoms with van der Waals surface area (Å²) < 4.78 is 5.04. The Labute approximate surface area is 95.2 Å². The van der Waals surface area contributed by atoms with Gasteiger partial charge >= 0.3 is 12.1 Å². The molecule has 0 spiro atoms. The van der Waals surface area contributed by atoms with Crippen molar-refractivity contribution in [2.24, 2.45) is 5.41 Å². The predicted molar refractivity (Wildman–Crippen MR) is 58.1 cm³/mol. The number of aliphatic carboxylic acids is 1. The molecule has 0 radical (unpaired) electrons. The van der Waals surface area contributed by atoms with Crippen molar-refractivity contribution in [3.8, 4) is 0 Å². The molecule has 5 nitrogen and oxygen atoms in total. The van der Waals surface area contributed by atoms with Crippen molar-refractivity contribution >= 4 is 12.1 Å². The van der Waals surface area contributed by atoms with Gasteiger partial charge in [-0.3, -0.25) is 0 Å². The van der Waals surface area contributed by atoms with Crippen molar-refractivity contribution in [3.63, 3.8) is 0 Å². The maximum Gasteiger partial charge on any atom is 0.408 e. The van der Waals surface area contributed by atoms with Crippen LogP contribution in [0.2, 0.25) is 0 Å². The Morgan fingerprint density at radius 3 is 2.00 bits per heavy atom. The minimum absolute atomic E-state index is 0.421. The average Bonchev–Trinajstić information content (AvgIpc) is 2.49. The molecular weight excluding hydrogens is 210 g/mol. The third-order valence-corrected chi connectivity index (χ3v) is 2.82. The fourth-order valence-corrected chi connectivity index (χ4v) is 1.73. The Kier molecular flexibility index (Phi) is 2.69. The molecular formula is C11H19NO4. The third kappa shape index (κ3) is 2.28. The first-order chi connectivity index (χ1) is 7.00. The molecule has 1 atom stereocenters. The number of carboxylic acid groups (broad SMARTS) is 1. The summed E-state index contributed by atoms with van der Waals surface area (Å²) in [5, 5.41) is 11.6. The molecule has 5 heteroatoms. The highest BCUT2D eigenvalue weighted by atomic mass is 16.6. The summed E-state index contributed by atoms with van der Waals surface area (Å²) in [5.74, 6) is -1.01. The third-order valence-electron chi connectivity index (χ3n) is 2.82. The van der Waals surface area contributed by atoms with E-state index >= 15 is 0 Å². The van der Waals surface area contributed by atoms with Crippen LogP contribution in [0.4, 0.5) is 4.79 Å². The summed E-state index contributed by atoms with van der Waals surface area (Å²) in [6.45, 7) is 8.81. The van der Waals surface area contributed by atoms with E-state index in [-0.39, 0.29) is 0 Å². The van der Waals surface area contributed by atoms with Gasteiger partial charge in [0, 0.05) is 5.41 Å². The van der Waals surface area contributed by atoms with Gasteiger partial charge in [0.05, 0.1) is 0 Å². The molecule has 0 aromatic heterocycles. The molecule has 1 saturated carbocycles. The van der Waals surface area contributed by atoms with E-state index in [0.29, 0.717) is 6.42 Å². The Morgan fingerprint density at radius 1 is 1.31 bits per heavy atom. The fourth-order valence-electron chi connectivity index (χ4n) is 1.73. The number of hydrogen-bond acceptors (Lipinski definition) is 3. The van der Waals surface area contributed by atoms with Gasteiger partial charge in [-0.1, -0.05) is 13.8 Å². The van der Waals surface area contributed by atoms with Crippen molar-refractivity contribution in [3.05, 3.63) is 0 Å². The number of alkyl carbamates (subject to hydrolysis) is 1. The van der Waals surface area contributed by atoms with Gasteiger partial charge in [0.15, 0.2) is 0 Å². The lowest BCUT2D eigenvalue weighted by Gasteiger charge is -2.23. The molecule has 16 heavy (non-hydrogen) atoms. The highest BCUT2D eigenvalue weighted by Gasteiger charge is 2.68. The van der Waals surface area contributed by atoms with E-state index in [4.69, 9.17) is 9.84 Å². The quantitative estimate of drug-likeness (QED) is 0.756. The number of nitrogens with one attached hydrogen (secondary N) is 1. The van der Waals surface area contributed by atoms with Crippen molar-refractivity contribution < 1.29 is 19.4 Å². The summed E-state index contributed by atoms with van der Waals surface area (Å²) in [5.41, 5.74) is -2.21. The zero-order valence-electron chi connectivity index (χ0n) is 10.4. The monoisotopic (exact) mass is 229 g/mol. The van der Waals surface area contributed by atoms with E-state index in [1.165, 1.54) is 0 Å². The van der Waals surface area contributed by atoms with Gasteiger partial charge in [0.1, 0.15) is 11.1 Å². The van der Waals surface area contributed by atoms with Crippen LogP contribution >= 0.6 is 0 Å². The molecule has 1 fully saturated rings. The molecule has 1 aliphatic carbocycles. The maximum atomic E-state index is 11.5. The van der Waals surface area contributed by atoms with Crippen LogP contribution in [-0.4, -0.2) is 28.3 Å². The summed E-state index contributed by atoms with van der Waals surface area (Å²) in [4.78, 5) is 22.6. The summed E-state index contributed by atoms with van der Waals surface area (Å²) in [7, 11) is 0. The number of carboxylic acids is 1. The molecule has 0 aromatic carbocycles. The Hall–Kier alpha value is -1.26. The van der Waals surface area contributed by atoms with E-state index in [1.807, 2.05) is 0 Å². The number of amides is 1. The first-order valence-corrected chi connectivity index (χ1v) is 5.25. The molecule has 0 aliphatic heterocycles. The van der Waals surface area contributed by atoms with E-state index in [2.05, 4.69) is 5.32 Å². The van der Waals surface area contributed by atoms with Crippen LogP contribution < -0.4 is 5.32 Å². The Bertz CT molecular complexity index is 329. The van der Waals surface area contributed by atoms with Crippen LogP contribution in [0.3, 0.4) is 0 Å². The Balaban J connectivity index is 2.67. The lowest BCUT2D eigenvalue weighted by atomic mass is 10.1. The van der Waals surface area contributed by atoms with Crippen molar-refractivity contribution in [2.45, 2.75) is 52.2 Å². The van der Waals surface area contributed by atoms with Gasteiger partial charge in [0.2, 0.25) is 0 Å². The van der Waals surface area contributed by atoms with Crippen LogP contribution in [0.1, 0.15) is 41.0 Å². The van der Waals surface area contributed by atoms with Gasteiger partial charge in [-0.2, -0.15) is 0 Å². The molecule has 1 amide bonds. The lowest BCUT2D eigenvalue weighted by Crippen LogP contribution is -2.48. The zero-order valence-corrected chi connectivity index (χ0v) is 10.4. The van der Waals surface area contributed by atoms with Gasteiger partial charge in [-0.15, -0.1) is 0 Å². The molecule has 1 rings (SSSR count). The summed E-state index contributed by atoms with van der Waals surface area (Å²) in [6, 6.07) is 0. The van der Waals surface area contributed by atoms with Crippen LogP contribution in [0.5, 0.6) is 0 Å². The van der Waals surface area contributed by atoms with Crippen LogP contribution in [-0.2, 0) is 9.53 Å². The second-order valence-corrected chi connectivity index (χ2v) is 5.90. The first kappa shape index (κ1) is 12.8. The molecule has 0 bridgehead atoms. The molecule has 0 aromatic rings. The molecule has 0 saturated heterocycles. The first-order valence-electron chi connectivity index (χ1n) is 5.25. The SMILES string of the molecule is CC(C)(C)OC(=O)N[C@@]1(C(=O)O)CC1(C)C. The summed E-state index contributed by atoms with van der Waals surface area (Å²) in [6.07, 6.45) is -0.255. The second kappa shape index (κ2) is 3.37. The van der Waals surface area contributed by atoms with Crippen LogP contribution in [0.25, 0.3) is 0 Å². The van der Waals surface area contributed by atoms with Crippen molar-refractivity contribution in [1.82, 2.24) is 5.32 Å². The highest BCUT2D eigenvalue weighted by Crippen LogP contribution is 2.55. The van der Waals surface area contributed by atoms with Gasteiger partial charge in [-0.05, 0) is 27.2 Å². The van der Waals surface area contributed by atoms with Crippen LogP contribution in [0.15, 0.2) is 0 Å². The van der Waals surface area contributed by atoms with Crippen LogP contribution in [0, 0.1) is 5.41 Å². The van der Waals surface area contributed by atoms with Gasteiger partial charge < -0.3 is 15.2 Å². The largest absolute Gasteiger partial charge is 0.479 e. The van der Waals surface area contributed by atoms with Crippen molar-refractivity contribution in [1.29, 1.82) is 0 Å². The minimum atomic E-state index is -1.17. The van der Waals surface area contributed by atoms with E-state index in [1.54, 1.807) is 34.6 Å². The average molecular weight is 229 g/mol. The van der Waals surface area contributed by atoms with E-state index in [9.17, 15) is 9.59 Å². The molecule has 0 unspecified atom stereocenters. The second-order valence-electron chi connectivity index (χ2n) is 5.90. The number of hydrogen-bond donors (Lipinski definition) is 2.